The first-order chi connectivity index (χ1) is 14.4. The van der Waals surface area contributed by atoms with Gasteiger partial charge in [-0.3, -0.25) is 4.90 Å². The van der Waals surface area contributed by atoms with Crippen molar-refractivity contribution in [1.29, 1.82) is 0 Å². The summed E-state index contributed by atoms with van der Waals surface area (Å²) in [6, 6.07) is 28.0. The molecule has 1 aliphatic heterocycles. The summed E-state index contributed by atoms with van der Waals surface area (Å²) in [5, 5.41) is 1.29. The molecule has 1 fully saturated rings. The Morgan fingerprint density at radius 1 is 0.793 bits per heavy atom. The van der Waals surface area contributed by atoms with E-state index in [1.54, 1.807) is 11.5 Å². The smallest absolute Gasteiger partial charge is 0.150 e. The highest BCUT2D eigenvalue weighted by molar-refractivity contribution is 7.99. The summed E-state index contributed by atoms with van der Waals surface area (Å²) in [5.74, 6) is 1.16. The number of fused-ring (bicyclic) bond motifs is 1. The van der Waals surface area contributed by atoms with Crippen LogP contribution in [-0.4, -0.2) is 35.5 Å². The van der Waals surface area contributed by atoms with Gasteiger partial charge < -0.3 is 4.90 Å². The van der Waals surface area contributed by atoms with Crippen LogP contribution in [0.5, 0.6) is 0 Å². The summed E-state index contributed by atoms with van der Waals surface area (Å²) in [6.07, 6.45) is 0. The first-order valence-corrected chi connectivity index (χ1v) is 11.6. The Kier molecular flexibility index (Phi) is 5.52. The van der Waals surface area contributed by atoms with E-state index in [2.05, 4.69) is 88.7 Å². The summed E-state index contributed by atoms with van der Waals surface area (Å²) in [4.78, 5) is 7.65. The molecule has 0 aliphatic carbocycles. The van der Waals surface area contributed by atoms with Crippen LogP contribution in [0.2, 0.25) is 0 Å². The van der Waals surface area contributed by atoms with Crippen molar-refractivity contribution in [2.45, 2.75) is 16.3 Å². The fourth-order valence-electron chi connectivity index (χ4n) is 3.81. The van der Waals surface area contributed by atoms with Crippen molar-refractivity contribution in [2.24, 2.45) is 0 Å². The molecular formula is C24H23N3S2. The van der Waals surface area contributed by atoms with Crippen molar-refractivity contribution in [1.82, 2.24) is 9.27 Å². The largest absolute Gasteiger partial charge is 0.353 e. The molecule has 0 bridgehead atoms. The number of hydrogen-bond donors (Lipinski definition) is 0. The van der Waals surface area contributed by atoms with Gasteiger partial charge in [-0.1, -0.05) is 60.3 Å². The van der Waals surface area contributed by atoms with Crippen molar-refractivity contribution in [3.05, 3.63) is 84.4 Å². The molecule has 0 amide bonds. The van der Waals surface area contributed by atoms with E-state index in [4.69, 9.17) is 4.37 Å². The molecule has 0 atom stereocenters. The molecule has 3 nitrogen and oxygen atoms in total. The molecule has 0 radical (unpaired) electrons. The van der Waals surface area contributed by atoms with Gasteiger partial charge >= 0.3 is 0 Å². The number of rotatable bonds is 5. The highest BCUT2D eigenvalue weighted by Crippen LogP contribution is 2.32. The fraction of sp³-hybridized carbons (Fsp3) is 0.208. The molecule has 3 aromatic carbocycles. The van der Waals surface area contributed by atoms with Gasteiger partial charge in [-0.2, -0.15) is 4.37 Å². The zero-order valence-electron chi connectivity index (χ0n) is 16.2. The molecule has 4 aromatic rings. The van der Waals surface area contributed by atoms with Gasteiger partial charge in [-0.25, -0.2) is 0 Å². The molecule has 0 saturated carbocycles. The zero-order valence-corrected chi connectivity index (χ0v) is 17.8. The van der Waals surface area contributed by atoms with Crippen molar-refractivity contribution in [2.75, 3.05) is 31.1 Å². The third-order valence-electron chi connectivity index (χ3n) is 5.37. The summed E-state index contributed by atoms with van der Waals surface area (Å²) in [7, 11) is 0. The van der Waals surface area contributed by atoms with Gasteiger partial charge in [0.05, 0.1) is 4.70 Å². The van der Waals surface area contributed by atoms with Crippen molar-refractivity contribution < 1.29 is 0 Å². The van der Waals surface area contributed by atoms with Crippen molar-refractivity contribution in [3.63, 3.8) is 0 Å². The zero-order chi connectivity index (χ0) is 19.5. The standard InChI is InChI=1S/C24H23N3S2/c1-2-9-20(10-3-1)28-22-12-6-4-8-19(22)18-26-14-16-27(17-15-26)24-21-11-5-7-13-23(21)29-25-24/h1-13H,14-18H2. The maximum absolute atomic E-state index is 4.73. The molecular weight excluding hydrogens is 394 g/mol. The lowest BCUT2D eigenvalue weighted by Gasteiger charge is -2.35. The lowest BCUT2D eigenvalue weighted by atomic mass is 10.2. The van der Waals surface area contributed by atoms with Crippen LogP contribution in [0.25, 0.3) is 10.1 Å². The molecule has 1 aliphatic rings. The quantitative estimate of drug-likeness (QED) is 0.410. The molecule has 0 unspecified atom stereocenters. The van der Waals surface area contributed by atoms with Gasteiger partial charge in [0, 0.05) is 47.9 Å². The van der Waals surface area contributed by atoms with Crippen LogP contribution in [0.3, 0.4) is 0 Å². The Hall–Kier alpha value is -2.34. The second-order valence-electron chi connectivity index (χ2n) is 7.29. The minimum atomic E-state index is 1.00. The van der Waals surface area contributed by atoms with E-state index in [1.165, 1.54) is 25.4 Å². The number of anilines is 1. The van der Waals surface area contributed by atoms with Gasteiger partial charge in [0.25, 0.3) is 0 Å². The molecule has 1 saturated heterocycles. The minimum absolute atomic E-state index is 1.00. The van der Waals surface area contributed by atoms with Crippen LogP contribution >= 0.6 is 23.3 Å². The topological polar surface area (TPSA) is 19.4 Å². The summed E-state index contributed by atoms with van der Waals surface area (Å²) >= 11 is 3.46. The van der Waals surface area contributed by atoms with Gasteiger partial charge in [0.1, 0.15) is 5.82 Å². The van der Waals surface area contributed by atoms with Gasteiger partial charge in [-0.15, -0.1) is 0 Å². The van der Waals surface area contributed by atoms with Crippen LogP contribution in [0.1, 0.15) is 5.56 Å². The van der Waals surface area contributed by atoms with Gasteiger partial charge in [0.2, 0.25) is 0 Å². The lowest BCUT2D eigenvalue weighted by molar-refractivity contribution is 0.248. The predicted octanol–water partition coefficient (Wildman–Crippen LogP) is 5.77. The third-order valence-corrected chi connectivity index (χ3v) is 7.31. The van der Waals surface area contributed by atoms with E-state index in [-0.39, 0.29) is 0 Å². The monoisotopic (exact) mass is 417 g/mol. The molecule has 2 heterocycles. The van der Waals surface area contributed by atoms with Crippen LogP contribution in [-0.2, 0) is 6.54 Å². The number of hydrogen-bond acceptors (Lipinski definition) is 5. The fourth-order valence-corrected chi connectivity index (χ4v) is 5.56. The molecule has 29 heavy (non-hydrogen) atoms. The van der Waals surface area contributed by atoms with Crippen LogP contribution in [0.15, 0.2) is 88.7 Å². The van der Waals surface area contributed by atoms with Gasteiger partial charge in [-0.05, 0) is 47.4 Å². The van der Waals surface area contributed by atoms with Crippen LogP contribution in [0.4, 0.5) is 5.82 Å². The number of benzene rings is 3. The van der Waals surface area contributed by atoms with E-state index in [1.807, 2.05) is 11.8 Å². The van der Waals surface area contributed by atoms with Gasteiger partial charge in [0.15, 0.2) is 0 Å². The minimum Gasteiger partial charge on any atom is -0.353 e. The highest BCUT2D eigenvalue weighted by Gasteiger charge is 2.21. The number of piperazine rings is 1. The Morgan fingerprint density at radius 2 is 1.52 bits per heavy atom. The van der Waals surface area contributed by atoms with Crippen molar-refractivity contribution >= 4 is 39.2 Å². The lowest BCUT2D eigenvalue weighted by Crippen LogP contribution is -2.46. The molecule has 0 N–H and O–H groups in total. The van der Waals surface area contributed by atoms with E-state index >= 15 is 0 Å². The van der Waals surface area contributed by atoms with E-state index in [0.29, 0.717) is 0 Å². The normalized spacial score (nSPS) is 15.1. The Morgan fingerprint density at radius 3 is 2.38 bits per heavy atom. The third kappa shape index (κ3) is 4.17. The first-order valence-electron chi connectivity index (χ1n) is 9.99. The molecule has 146 valence electrons. The average molecular weight is 418 g/mol. The van der Waals surface area contributed by atoms with Crippen LogP contribution in [0, 0.1) is 0 Å². The summed E-state index contributed by atoms with van der Waals surface area (Å²) < 4.78 is 6.01. The Balaban J connectivity index is 1.25. The Bertz CT molecular complexity index is 1090. The maximum atomic E-state index is 4.73. The van der Waals surface area contributed by atoms with E-state index in [9.17, 15) is 0 Å². The molecule has 0 spiro atoms. The van der Waals surface area contributed by atoms with Crippen LogP contribution < -0.4 is 4.90 Å². The van der Waals surface area contributed by atoms with E-state index < -0.39 is 0 Å². The SMILES string of the molecule is c1ccc(Sc2ccccc2CN2CCN(c3nsc4ccccc34)CC2)cc1. The molecule has 5 heteroatoms. The second-order valence-corrected chi connectivity index (χ2v) is 9.21. The number of aromatic nitrogens is 1. The first kappa shape index (κ1) is 18.7. The highest BCUT2D eigenvalue weighted by atomic mass is 32.2. The predicted molar refractivity (Wildman–Crippen MR) is 124 cm³/mol. The Labute approximate surface area is 180 Å². The maximum Gasteiger partial charge on any atom is 0.150 e. The molecule has 5 rings (SSSR count). The second kappa shape index (κ2) is 8.57. The number of nitrogens with zero attached hydrogens (tertiary/aromatic N) is 3. The van der Waals surface area contributed by atoms with E-state index in [0.717, 1.165) is 38.5 Å². The van der Waals surface area contributed by atoms with Crippen molar-refractivity contribution in [3.8, 4) is 0 Å². The summed E-state index contributed by atoms with van der Waals surface area (Å²) in [6.45, 7) is 5.19. The summed E-state index contributed by atoms with van der Waals surface area (Å²) in [5.41, 5.74) is 1.41. The molecule has 1 aromatic heterocycles. The average Bonchev–Trinajstić information content (AvgIpc) is 3.21.